The van der Waals surface area contributed by atoms with Crippen molar-refractivity contribution in [1.82, 2.24) is 10.0 Å². The number of amidine groups is 1. The summed E-state index contributed by atoms with van der Waals surface area (Å²) in [4.78, 5) is 29.6. The average molecular weight is 469 g/mol. The Morgan fingerprint density at radius 1 is 1.12 bits per heavy atom. The van der Waals surface area contributed by atoms with Crippen molar-refractivity contribution in [3.63, 3.8) is 0 Å². The molecule has 0 unspecified atom stereocenters. The molecule has 2 aliphatic rings. The first-order valence-corrected chi connectivity index (χ1v) is 12.6. The Balaban J connectivity index is 1.44. The van der Waals surface area contributed by atoms with Gasteiger partial charge in [0.25, 0.3) is 10.0 Å². The van der Waals surface area contributed by atoms with Crippen molar-refractivity contribution < 1.29 is 18.0 Å². The van der Waals surface area contributed by atoms with E-state index < -0.39 is 16.1 Å². The Kier molecular flexibility index (Phi) is 6.51. The van der Waals surface area contributed by atoms with Gasteiger partial charge in [-0.25, -0.2) is 8.42 Å². The molecule has 2 aromatic rings. The molecule has 0 spiro atoms. The van der Waals surface area contributed by atoms with Gasteiger partial charge in [0.05, 0.1) is 4.90 Å². The SMILES string of the molecule is CC[C@H](C)[C@H](N=C1NS(=O)(=O)c2ccccc21)C(=O)NCc1ccc(NC(=O)C2CC2)cc1. The molecule has 0 saturated heterocycles. The van der Waals surface area contributed by atoms with Crippen LogP contribution in [0, 0.1) is 11.8 Å². The first-order chi connectivity index (χ1) is 15.8. The van der Waals surface area contributed by atoms with Crippen molar-refractivity contribution in [3.05, 3.63) is 59.7 Å². The molecule has 1 aliphatic heterocycles. The third kappa shape index (κ3) is 5.24. The molecule has 0 radical (unpaired) electrons. The number of carbonyl (C=O) groups excluding carboxylic acids is 2. The van der Waals surface area contributed by atoms with Gasteiger partial charge < -0.3 is 10.6 Å². The average Bonchev–Trinajstić information content (AvgIpc) is 3.63. The molecule has 0 bridgehead atoms. The molecule has 3 N–H and O–H groups in total. The van der Waals surface area contributed by atoms with E-state index in [1.165, 1.54) is 6.07 Å². The summed E-state index contributed by atoms with van der Waals surface area (Å²) in [7, 11) is -3.67. The zero-order valence-corrected chi connectivity index (χ0v) is 19.5. The molecular formula is C24H28N4O4S. The van der Waals surface area contributed by atoms with Crippen LogP contribution in [0.2, 0.25) is 0 Å². The number of hydrogen-bond acceptors (Lipinski definition) is 5. The van der Waals surface area contributed by atoms with E-state index in [4.69, 9.17) is 0 Å². The molecule has 1 aliphatic carbocycles. The van der Waals surface area contributed by atoms with E-state index in [2.05, 4.69) is 20.3 Å². The van der Waals surface area contributed by atoms with Gasteiger partial charge in [0, 0.05) is 23.7 Å². The van der Waals surface area contributed by atoms with Crippen LogP contribution in [0.25, 0.3) is 0 Å². The number of amides is 2. The number of sulfonamides is 1. The van der Waals surface area contributed by atoms with E-state index in [-0.39, 0.29) is 34.4 Å². The Labute approximate surface area is 193 Å². The van der Waals surface area contributed by atoms with E-state index in [1.54, 1.807) is 18.2 Å². The number of rotatable bonds is 8. The molecule has 1 fully saturated rings. The van der Waals surface area contributed by atoms with E-state index in [1.807, 2.05) is 38.1 Å². The van der Waals surface area contributed by atoms with Gasteiger partial charge in [0.2, 0.25) is 11.8 Å². The van der Waals surface area contributed by atoms with Gasteiger partial charge in [-0.3, -0.25) is 19.3 Å². The molecule has 33 heavy (non-hydrogen) atoms. The van der Waals surface area contributed by atoms with Gasteiger partial charge in [-0.1, -0.05) is 44.5 Å². The summed E-state index contributed by atoms with van der Waals surface area (Å²) in [5, 5.41) is 5.80. The number of benzene rings is 2. The topological polar surface area (TPSA) is 117 Å². The van der Waals surface area contributed by atoms with Crippen molar-refractivity contribution in [1.29, 1.82) is 0 Å². The van der Waals surface area contributed by atoms with Crippen LogP contribution in [0.1, 0.15) is 44.2 Å². The fourth-order valence-corrected chi connectivity index (χ4v) is 4.86. The summed E-state index contributed by atoms with van der Waals surface area (Å²) in [5.74, 6) is 0.0261. The minimum Gasteiger partial charge on any atom is -0.350 e. The van der Waals surface area contributed by atoms with Crippen LogP contribution < -0.4 is 15.4 Å². The third-order valence-corrected chi connectivity index (χ3v) is 7.42. The summed E-state index contributed by atoms with van der Waals surface area (Å²) < 4.78 is 27.2. The molecule has 4 rings (SSSR count). The van der Waals surface area contributed by atoms with Gasteiger partial charge in [-0.05, 0) is 48.6 Å². The Morgan fingerprint density at radius 2 is 1.82 bits per heavy atom. The molecule has 2 aromatic carbocycles. The fraction of sp³-hybridized carbons (Fsp3) is 0.375. The largest absolute Gasteiger partial charge is 0.350 e. The lowest BCUT2D eigenvalue weighted by Crippen LogP contribution is -2.38. The molecule has 2 amide bonds. The zero-order valence-electron chi connectivity index (χ0n) is 18.7. The highest BCUT2D eigenvalue weighted by Crippen LogP contribution is 2.30. The normalized spacial score (nSPS) is 19.3. The molecular weight excluding hydrogens is 440 g/mol. The predicted octanol–water partition coefficient (Wildman–Crippen LogP) is 2.80. The molecule has 8 nitrogen and oxygen atoms in total. The lowest BCUT2D eigenvalue weighted by atomic mass is 9.98. The molecule has 2 atom stereocenters. The number of nitrogens with zero attached hydrogens (tertiary/aromatic N) is 1. The minimum absolute atomic E-state index is 0.0515. The number of anilines is 1. The zero-order chi connectivity index (χ0) is 23.6. The summed E-state index contributed by atoms with van der Waals surface area (Å²) in [6.07, 6.45) is 2.60. The molecule has 1 saturated carbocycles. The van der Waals surface area contributed by atoms with Crippen LogP contribution in [0.4, 0.5) is 5.69 Å². The molecule has 1 heterocycles. The minimum atomic E-state index is -3.67. The van der Waals surface area contributed by atoms with Gasteiger partial charge >= 0.3 is 0 Å². The predicted molar refractivity (Wildman–Crippen MR) is 126 cm³/mol. The van der Waals surface area contributed by atoms with Crippen molar-refractivity contribution in [2.45, 2.75) is 50.6 Å². The number of carbonyl (C=O) groups is 2. The highest BCUT2D eigenvalue weighted by Gasteiger charge is 2.33. The Hall–Kier alpha value is -3.20. The van der Waals surface area contributed by atoms with E-state index >= 15 is 0 Å². The van der Waals surface area contributed by atoms with Crippen LogP contribution in [-0.2, 0) is 26.2 Å². The van der Waals surface area contributed by atoms with Crippen molar-refractivity contribution >= 4 is 33.4 Å². The number of fused-ring (bicyclic) bond motifs is 1. The lowest BCUT2D eigenvalue weighted by Gasteiger charge is -2.19. The van der Waals surface area contributed by atoms with Gasteiger partial charge in [0.1, 0.15) is 11.9 Å². The number of hydrogen-bond donors (Lipinski definition) is 3. The summed E-state index contributed by atoms with van der Waals surface area (Å²) in [6.45, 7) is 4.18. The first kappa shape index (κ1) is 23.0. The smallest absolute Gasteiger partial charge is 0.263 e. The maximum atomic E-state index is 13.0. The molecule has 174 valence electrons. The summed E-state index contributed by atoms with van der Waals surface area (Å²) in [5.41, 5.74) is 2.09. The van der Waals surface area contributed by atoms with Crippen molar-refractivity contribution in [2.75, 3.05) is 5.32 Å². The van der Waals surface area contributed by atoms with Crippen molar-refractivity contribution in [3.8, 4) is 0 Å². The van der Waals surface area contributed by atoms with Gasteiger partial charge in [-0.2, -0.15) is 0 Å². The summed E-state index contributed by atoms with van der Waals surface area (Å²) in [6, 6.07) is 13.2. The lowest BCUT2D eigenvalue weighted by molar-refractivity contribution is -0.123. The van der Waals surface area contributed by atoms with E-state index in [9.17, 15) is 18.0 Å². The van der Waals surface area contributed by atoms with Crippen molar-refractivity contribution in [2.24, 2.45) is 16.8 Å². The van der Waals surface area contributed by atoms with Crippen LogP contribution in [-0.4, -0.2) is 32.1 Å². The molecule has 0 aromatic heterocycles. The maximum Gasteiger partial charge on any atom is 0.263 e. The Morgan fingerprint density at radius 3 is 2.48 bits per heavy atom. The van der Waals surface area contributed by atoms with Crippen LogP contribution in [0.3, 0.4) is 0 Å². The van der Waals surface area contributed by atoms with Gasteiger partial charge in [0.15, 0.2) is 0 Å². The monoisotopic (exact) mass is 468 g/mol. The second-order valence-corrected chi connectivity index (χ2v) is 10.2. The van der Waals surface area contributed by atoms with E-state index in [0.29, 0.717) is 18.5 Å². The first-order valence-electron chi connectivity index (χ1n) is 11.2. The number of nitrogens with one attached hydrogen (secondary N) is 3. The maximum absolute atomic E-state index is 13.0. The third-order valence-electron chi connectivity index (χ3n) is 6.02. The summed E-state index contributed by atoms with van der Waals surface area (Å²) >= 11 is 0. The van der Waals surface area contributed by atoms with Gasteiger partial charge in [-0.15, -0.1) is 0 Å². The number of aliphatic imine (C=N–C) groups is 1. The van der Waals surface area contributed by atoms with Crippen LogP contribution >= 0.6 is 0 Å². The van der Waals surface area contributed by atoms with Crippen LogP contribution in [0.5, 0.6) is 0 Å². The van der Waals surface area contributed by atoms with Crippen LogP contribution in [0.15, 0.2) is 58.4 Å². The standard InChI is InChI=1S/C24H28N4O4S/c1-3-15(2)21(27-22-19-6-4-5-7-20(19)33(31,32)28-22)24(30)25-14-16-8-12-18(13-9-16)26-23(29)17-10-11-17/h4-9,12-13,15,17,21H,3,10-11,14H2,1-2H3,(H,25,30)(H,26,29)(H,27,28)/t15-,21-/m0/s1. The Bertz CT molecular complexity index is 1190. The second kappa shape index (κ2) is 9.35. The quantitative estimate of drug-likeness (QED) is 0.552. The fourth-order valence-electron chi connectivity index (χ4n) is 3.63. The molecule has 9 heteroatoms. The second-order valence-electron chi connectivity index (χ2n) is 8.59. The highest BCUT2D eigenvalue weighted by molar-refractivity contribution is 7.90. The van der Waals surface area contributed by atoms with E-state index in [0.717, 1.165) is 24.1 Å². The highest BCUT2D eigenvalue weighted by atomic mass is 32.2.